The van der Waals surface area contributed by atoms with Crippen LogP contribution in [0.4, 0.5) is 0 Å². The minimum absolute atomic E-state index is 0.0381. The molecule has 0 unspecified atom stereocenters. The second-order valence-electron chi connectivity index (χ2n) is 6.34. The standard InChI is InChI=1S/C14H27NO2/c1-11(2)12(16)15-10-14(6,7)8-9-17-13(3,4)5/h1,8-10H2,2-7H3,(H,15,16). The van der Waals surface area contributed by atoms with E-state index >= 15 is 0 Å². The van der Waals surface area contributed by atoms with Crippen LogP contribution in [0, 0.1) is 5.41 Å². The average molecular weight is 241 g/mol. The highest BCUT2D eigenvalue weighted by Crippen LogP contribution is 2.20. The Balaban J connectivity index is 3.96. The third-order valence-electron chi connectivity index (χ3n) is 2.43. The molecule has 1 N–H and O–H groups in total. The second kappa shape index (κ2) is 6.20. The van der Waals surface area contributed by atoms with Crippen molar-refractivity contribution in [2.24, 2.45) is 5.41 Å². The van der Waals surface area contributed by atoms with Gasteiger partial charge in [0.2, 0.25) is 5.91 Å². The van der Waals surface area contributed by atoms with Crippen molar-refractivity contribution in [2.45, 2.75) is 53.6 Å². The zero-order chi connectivity index (χ0) is 13.7. The van der Waals surface area contributed by atoms with Crippen molar-refractivity contribution in [3.63, 3.8) is 0 Å². The van der Waals surface area contributed by atoms with Crippen molar-refractivity contribution in [3.05, 3.63) is 12.2 Å². The van der Waals surface area contributed by atoms with Crippen LogP contribution in [0.3, 0.4) is 0 Å². The molecule has 3 nitrogen and oxygen atoms in total. The molecule has 1 amide bonds. The van der Waals surface area contributed by atoms with Gasteiger partial charge in [0.05, 0.1) is 5.60 Å². The fourth-order valence-electron chi connectivity index (χ4n) is 1.19. The molecule has 0 spiro atoms. The zero-order valence-corrected chi connectivity index (χ0v) is 12.1. The molecule has 0 aliphatic rings. The Morgan fingerprint density at radius 1 is 1.24 bits per heavy atom. The van der Waals surface area contributed by atoms with Crippen molar-refractivity contribution >= 4 is 5.91 Å². The van der Waals surface area contributed by atoms with Gasteiger partial charge in [0.1, 0.15) is 0 Å². The highest BCUT2D eigenvalue weighted by molar-refractivity contribution is 5.92. The summed E-state index contributed by atoms with van der Waals surface area (Å²) < 4.78 is 5.69. The summed E-state index contributed by atoms with van der Waals surface area (Å²) in [6.07, 6.45) is 0.917. The van der Waals surface area contributed by atoms with E-state index in [1.165, 1.54) is 0 Å². The highest BCUT2D eigenvalue weighted by Gasteiger charge is 2.20. The van der Waals surface area contributed by atoms with E-state index in [-0.39, 0.29) is 16.9 Å². The van der Waals surface area contributed by atoms with Crippen LogP contribution in [0.2, 0.25) is 0 Å². The van der Waals surface area contributed by atoms with Gasteiger partial charge in [-0.2, -0.15) is 0 Å². The second-order valence-corrected chi connectivity index (χ2v) is 6.34. The summed E-state index contributed by atoms with van der Waals surface area (Å²) in [6, 6.07) is 0. The molecule has 0 fully saturated rings. The molecule has 3 heteroatoms. The molecule has 0 bridgehead atoms. The van der Waals surface area contributed by atoms with Gasteiger partial charge in [-0.1, -0.05) is 20.4 Å². The maximum atomic E-state index is 11.4. The fourth-order valence-corrected chi connectivity index (χ4v) is 1.19. The molecule has 0 aromatic rings. The predicted octanol–water partition coefficient (Wildman–Crippen LogP) is 2.91. The molecule has 0 saturated carbocycles. The van der Waals surface area contributed by atoms with Crippen LogP contribution in [0.15, 0.2) is 12.2 Å². The Bertz CT molecular complexity index is 274. The first-order valence-electron chi connectivity index (χ1n) is 6.11. The molecule has 0 aromatic heterocycles. The van der Waals surface area contributed by atoms with E-state index in [1.807, 2.05) is 20.8 Å². The molecule has 0 radical (unpaired) electrons. The quantitative estimate of drug-likeness (QED) is 0.726. The van der Waals surface area contributed by atoms with E-state index < -0.39 is 0 Å². The summed E-state index contributed by atoms with van der Waals surface area (Å²) in [6.45, 7) is 17.1. The Labute approximate surface area is 106 Å². The number of nitrogens with one attached hydrogen (secondary N) is 1. The number of rotatable bonds is 6. The van der Waals surface area contributed by atoms with Gasteiger partial charge in [0.25, 0.3) is 0 Å². The van der Waals surface area contributed by atoms with Gasteiger partial charge >= 0.3 is 0 Å². The topological polar surface area (TPSA) is 38.3 Å². The third kappa shape index (κ3) is 8.93. The van der Waals surface area contributed by atoms with E-state index in [0.29, 0.717) is 18.7 Å². The van der Waals surface area contributed by atoms with Crippen molar-refractivity contribution in [3.8, 4) is 0 Å². The first kappa shape index (κ1) is 16.2. The molecule has 0 rings (SSSR count). The summed E-state index contributed by atoms with van der Waals surface area (Å²) in [4.78, 5) is 11.4. The van der Waals surface area contributed by atoms with Crippen molar-refractivity contribution < 1.29 is 9.53 Å². The Morgan fingerprint density at radius 2 is 1.76 bits per heavy atom. The molecule has 0 aliphatic carbocycles. The molecule has 100 valence electrons. The monoisotopic (exact) mass is 241 g/mol. The molecule has 0 aliphatic heterocycles. The van der Waals surface area contributed by atoms with Crippen LogP contribution in [0.5, 0.6) is 0 Å². The van der Waals surface area contributed by atoms with Crippen LogP contribution in [0.1, 0.15) is 48.0 Å². The van der Waals surface area contributed by atoms with Crippen LogP contribution in [0.25, 0.3) is 0 Å². The van der Waals surface area contributed by atoms with Gasteiger partial charge in [-0.25, -0.2) is 0 Å². The van der Waals surface area contributed by atoms with Crippen molar-refractivity contribution in [1.29, 1.82) is 0 Å². The Morgan fingerprint density at radius 3 is 2.18 bits per heavy atom. The van der Waals surface area contributed by atoms with E-state index in [4.69, 9.17) is 4.74 Å². The highest BCUT2D eigenvalue weighted by atomic mass is 16.5. The molecule has 0 heterocycles. The van der Waals surface area contributed by atoms with E-state index in [1.54, 1.807) is 6.92 Å². The smallest absolute Gasteiger partial charge is 0.246 e. The van der Waals surface area contributed by atoms with Crippen LogP contribution in [-0.4, -0.2) is 24.7 Å². The summed E-state index contributed by atoms with van der Waals surface area (Å²) in [5.41, 5.74) is 0.486. The number of ether oxygens (including phenoxy) is 1. The first-order valence-corrected chi connectivity index (χ1v) is 6.11. The van der Waals surface area contributed by atoms with Gasteiger partial charge < -0.3 is 10.1 Å². The van der Waals surface area contributed by atoms with E-state index in [0.717, 1.165) is 6.42 Å². The van der Waals surface area contributed by atoms with Crippen LogP contribution < -0.4 is 5.32 Å². The fraction of sp³-hybridized carbons (Fsp3) is 0.786. The Hall–Kier alpha value is -0.830. The molecular formula is C14H27NO2. The Kier molecular flexibility index (Phi) is 5.89. The maximum absolute atomic E-state index is 11.4. The largest absolute Gasteiger partial charge is 0.376 e. The van der Waals surface area contributed by atoms with Gasteiger partial charge in [0.15, 0.2) is 0 Å². The van der Waals surface area contributed by atoms with Gasteiger partial charge in [-0.05, 0) is 39.5 Å². The summed E-state index contributed by atoms with van der Waals surface area (Å²) in [5.74, 6) is -0.0742. The number of amides is 1. The first-order chi connectivity index (χ1) is 7.53. The maximum Gasteiger partial charge on any atom is 0.246 e. The van der Waals surface area contributed by atoms with E-state index in [9.17, 15) is 4.79 Å². The van der Waals surface area contributed by atoms with Crippen molar-refractivity contribution in [2.75, 3.05) is 13.2 Å². The average Bonchev–Trinajstić information content (AvgIpc) is 2.11. The molecule has 17 heavy (non-hydrogen) atoms. The summed E-state index contributed by atoms with van der Waals surface area (Å²) in [7, 11) is 0. The normalized spacial score (nSPS) is 12.4. The lowest BCUT2D eigenvalue weighted by Gasteiger charge is -2.27. The van der Waals surface area contributed by atoms with Gasteiger partial charge in [-0.15, -0.1) is 0 Å². The number of hydrogen-bond donors (Lipinski definition) is 1. The minimum Gasteiger partial charge on any atom is -0.376 e. The predicted molar refractivity (Wildman–Crippen MR) is 71.9 cm³/mol. The number of carbonyl (C=O) groups excluding carboxylic acids is 1. The zero-order valence-electron chi connectivity index (χ0n) is 12.1. The molecular weight excluding hydrogens is 214 g/mol. The lowest BCUT2D eigenvalue weighted by Crippen LogP contribution is -2.35. The lowest BCUT2D eigenvalue weighted by molar-refractivity contribution is -0.118. The van der Waals surface area contributed by atoms with Crippen LogP contribution >= 0.6 is 0 Å². The third-order valence-corrected chi connectivity index (χ3v) is 2.43. The minimum atomic E-state index is -0.100. The molecule has 0 atom stereocenters. The van der Waals surface area contributed by atoms with Gasteiger partial charge in [-0.3, -0.25) is 4.79 Å². The van der Waals surface area contributed by atoms with Crippen molar-refractivity contribution in [1.82, 2.24) is 5.32 Å². The SMILES string of the molecule is C=C(C)C(=O)NCC(C)(C)CCOC(C)(C)C. The lowest BCUT2D eigenvalue weighted by atomic mass is 9.89. The summed E-state index contributed by atoms with van der Waals surface area (Å²) >= 11 is 0. The van der Waals surface area contributed by atoms with Gasteiger partial charge in [0, 0.05) is 18.7 Å². The number of hydrogen-bond acceptors (Lipinski definition) is 2. The van der Waals surface area contributed by atoms with Crippen LogP contribution in [-0.2, 0) is 9.53 Å². The molecule has 0 saturated heterocycles. The summed E-state index contributed by atoms with van der Waals surface area (Å²) in [5, 5.41) is 2.88. The number of carbonyl (C=O) groups is 1. The van der Waals surface area contributed by atoms with E-state index in [2.05, 4.69) is 25.7 Å². The molecule has 0 aromatic carbocycles.